The third kappa shape index (κ3) is 6.66. The molecule has 2 saturated heterocycles. The molecular formula is C27H36N4O10. The fourth-order valence-corrected chi connectivity index (χ4v) is 5.22. The number of methoxy groups -OCH3 is 1. The number of ether oxygens (including phenoxy) is 2. The molecule has 0 unspecified atom stereocenters. The van der Waals surface area contributed by atoms with E-state index in [0.717, 1.165) is 11.1 Å². The Bertz CT molecular complexity index is 1250. The van der Waals surface area contributed by atoms with E-state index in [4.69, 9.17) is 19.6 Å². The molecule has 0 spiro atoms. The van der Waals surface area contributed by atoms with Gasteiger partial charge in [-0.15, -0.1) is 4.91 Å². The van der Waals surface area contributed by atoms with Crippen molar-refractivity contribution >= 4 is 17.7 Å². The monoisotopic (exact) mass is 576 g/mol. The van der Waals surface area contributed by atoms with Crippen molar-refractivity contribution in [3.05, 3.63) is 52.1 Å². The highest BCUT2D eigenvalue weighted by Gasteiger charge is 2.49. The summed E-state index contributed by atoms with van der Waals surface area (Å²) in [5, 5.41) is 47.2. The molecule has 4 rings (SSSR count). The van der Waals surface area contributed by atoms with E-state index in [2.05, 4.69) is 4.98 Å². The summed E-state index contributed by atoms with van der Waals surface area (Å²) >= 11 is 0. The van der Waals surface area contributed by atoms with E-state index in [1.54, 1.807) is 32.2 Å². The Morgan fingerprint density at radius 2 is 1.85 bits per heavy atom. The Morgan fingerprint density at radius 3 is 2.41 bits per heavy atom. The van der Waals surface area contributed by atoms with Gasteiger partial charge in [0.15, 0.2) is 22.9 Å². The fraction of sp³-hybridized carbons (Fsp3) is 0.519. The molecule has 5 N–H and O–H groups in total. The minimum atomic E-state index is -1.51. The average Bonchev–Trinajstić information content (AvgIpc) is 3.28. The van der Waals surface area contributed by atoms with E-state index in [0.29, 0.717) is 30.4 Å². The van der Waals surface area contributed by atoms with Crippen LogP contribution in [-0.2, 0) is 4.79 Å². The zero-order valence-electron chi connectivity index (χ0n) is 23.3. The van der Waals surface area contributed by atoms with Crippen LogP contribution in [0.3, 0.4) is 0 Å². The number of hydrogen-bond acceptors (Lipinski definition) is 11. The van der Waals surface area contributed by atoms with Crippen LogP contribution in [0.1, 0.15) is 41.3 Å². The molecule has 1 aromatic heterocycles. The lowest BCUT2D eigenvalue weighted by atomic mass is 9.72. The maximum Gasteiger partial charge on any atom is 0.339 e. The normalized spacial score (nSPS) is 21.7. The van der Waals surface area contributed by atoms with Crippen LogP contribution in [0.2, 0.25) is 0 Å². The van der Waals surface area contributed by atoms with Crippen LogP contribution in [0.5, 0.6) is 11.5 Å². The van der Waals surface area contributed by atoms with E-state index in [1.165, 1.54) is 17.3 Å². The average molecular weight is 577 g/mol. The van der Waals surface area contributed by atoms with Gasteiger partial charge in [-0.2, -0.15) is 0 Å². The number of likely N-dealkylation sites (tertiary alicyclic amines) is 1. The number of rotatable bonds is 9. The maximum atomic E-state index is 12.6. The van der Waals surface area contributed by atoms with Gasteiger partial charge < -0.3 is 44.9 Å². The third-order valence-electron chi connectivity index (χ3n) is 7.72. The van der Waals surface area contributed by atoms with Gasteiger partial charge in [0, 0.05) is 30.6 Å². The summed E-state index contributed by atoms with van der Waals surface area (Å²) in [6.45, 7) is 6.07. The molecule has 3 heterocycles. The lowest BCUT2D eigenvalue weighted by Crippen LogP contribution is -2.54. The molecule has 224 valence electrons. The SMILES string of the molecule is COc1ccc([C@@H]2CN(C(=O)[C@@H](O)CO)C[C@@]2(C)[C@@H](C)O)cc1OC1CN(c2ncc(C)cc2C(=O)O)C1.O=NO. The first-order valence-electron chi connectivity index (χ1n) is 12.9. The second kappa shape index (κ2) is 13.1. The highest BCUT2D eigenvalue weighted by molar-refractivity contribution is 5.93. The Labute approximate surface area is 236 Å². The summed E-state index contributed by atoms with van der Waals surface area (Å²) in [6, 6.07) is 7.09. The van der Waals surface area contributed by atoms with Crippen molar-refractivity contribution in [3.63, 3.8) is 0 Å². The number of amides is 1. The van der Waals surface area contributed by atoms with Crippen LogP contribution in [0, 0.1) is 17.2 Å². The van der Waals surface area contributed by atoms with Crippen LogP contribution in [0.25, 0.3) is 0 Å². The standard InChI is InChI=1S/C27H35N3O8.HNO2/c1-15-7-19(26(35)36)24(28-9-15)29-10-18(11-29)38-23-8-17(5-6-22(23)37-4)20-12-30(25(34)21(33)13-31)14-27(20,3)16(2)32;2-1-3/h5-9,16,18,20-21,31-33H,10-14H2,1-4H3,(H,35,36);(H,2,3)/t16-,20+,21+,27+;/m1./s1. The number of benzene rings is 1. The van der Waals surface area contributed by atoms with Crippen molar-refractivity contribution in [1.29, 1.82) is 0 Å². The lowest BCUT2D eigenvalue weighted by molar-refractivity contribution is -0.141. The van der Waals surface area contributed by atoms with Crippen molar-refractivity contribution in [1.82, 2.24) is 9.88 Å². The number of pyridine rings is 1. The number of nitrogens with zero attached hydrogens (tertiary/aromatic N) is 4. The number of carboxylic acid groups (broad SMARTS) is 1. The van der Waals surface area contributed by atoms with Crippen LogP contribution in [0.4, 0.5) is 5.82 Å². The number of aliphatic hydroxyl groups is 3. The summed E-state index contributed by atoms with van der Waals surface area (Å²) in [5.74, 6) is -0.459. The van der Waals surface area contributed by atoms with Crippen LogP contribution < -0.4 is 14.4 Å². The van der Waals surface area contributed by atoms with Gasteiger partial charge in [-0.05, 0) is 43.2 Å². The molecule has 14 heteroatoms. The number of anilines is 1. The number of aryl methyl sites for hydroxylation is 1. The number of carbonyl (C=O) groups is 2. The highest BCUT2D eigenvalue weighted by Crippen LogP contribution is 2.47. The number of carbonyl (C=O) groups excluding carboxylic acids is 1. The molecule has 0 aliphatic carbocycles. The molecule has 0 bridgehead atoms. The van der Waals surface area contributed by atoms with Crippen molar-refractivity contribution in [2.75, 3.05) is 44.8 Å². The zero-order chi connectivity index (χ0) is 30.5. The predicted octanol–water partition coefficient (Wildman–Crippen LogP) is 1.17. The maximum absolute atomic E-state index is 12.6. The molecule has 2 aliphatic rings. The van der Waals surface area contributed by atoms with Crippen LogP contribution in [0.15, 0.2) is 35.8 Å². The fourth-order valence-electron chi connectivity index (χ4n) is 5.22. The molecule has 0 saturated carbocycles. The van der Waals surface area contributed by atoms with Gasteiger partial charge in [0.1, 0.15) is 17.5 Å². The summed E-state index contributed by atoms with van der Waals surface area (Å²) in [4.78, 5) is 40.0. The number of aromatic carboxylic acids is 1. The summed E-state index contributed by atoms with van der Waals surface area (Å²) < 4.78 is 11.8. The Hall–Kier alpha value is -4.01. The molecule has 2 aliphatic heterocycles. The van der Waals surface area contributed by atoms with E-state index >= 15 is 0 Å². The molecule has 4 atom stereocenters. The van der Waals surface area contributed by atoms with Gasteiger partial charge in [-0.1, -0.05) is 13.0 Å². The van der Waals surface area contributed by atoms with E-state index in [9.17, 15) is 30.0 Å². The number of carboxylic acids is 1. The smallest absolute Gasteiger partial charge is 0.339 e. The van der Waals surface area contributed by atoms with Crippen molar-refractivity contribution in [2.45, 2.75) is 45.0 Å². The Kier molecular flexibility index (Phi) is 10.1. The Morgan fingerprint density at radius 1 is 1.20 bits per heavy atom. The summed E-state index contributed by atoms with van der Waals surface area (Å²) in [6.07, 6.45) is -0.855. The van der Waals surface area contributed by atoms with Gasteiger partial charge >= 0.3 is 5.97 Å². The Balaban J connectivity index is 0.00000147. The minimum Gasteiger partial charge on any atom is -0.493 e. The third-order valence-corrected chi connectivity index (χ3v) is 7.72. The molecular weight excluding hydrogens is 540 g/mol. The molecule has 2 aromatic rings. The quantitative estimate of drug-likeness (QED) is 0.211. The molecule has 0 radical (unpaired) electrons. The van der Waals surface area contributed by atoms with E-state index in [-0.39, 0.29) is 30.7 Å². The lowest BCUT2D eigenvalue weighted by Gasteiger charge is -2.40. The minimum absolute atomic E-state index is 0.145. The molecule has 1 amide bonds. The molecule has 1 aromatic carbocycles. The van der Waals surface area contributed by atoms with Gasteiger partial charge in [0.05, 0.1) is 32.9 Å². The predicted molar refractivity (Wildman–Crippen MR) is 145 cm³/mol. The number of aromatic nitrogens is 1. The largest absolute Gasteiger partial charge is 0.493 e. The first kappa shape index (κ1) is 31.5. The summed E-state index contributed by atoms with van der Waals surface area (Å²) in [5.41, 5.74) is 1.05. The molecule has 41 heavy (non-hydrogen) atoms. The van der Waals surface area contributed by atoms with Crippen molar-refractivity contribution in [2.24, 2.45) is 10.8 Å². The first-order chi connectivity index (χ1) is 19.4. The molecule has 14 nitrogen and oxygen atoms in total. The van der Waals surface area contributed by atoms with Crippen LogP contribution >= 0.6 is 0 Å². The summed E-state index contributed by atoms with van der Waals surface area (Å²) in [7, 11) is 1.54. The van der Waals surface area contributed by atoms with E-state index in [1.807, 2.05) is 24.0 Å². The first-order valence-corrected chi connectivity index (χ1v) is 12.9. The number of aliphatic hydroxyl groups excluding tert-OH is 3. The van der Waals surface area contributed by atoms with Gasteiger partial charge in [0.2, 0.25) is 0 Å². The van der Waals surface area contributed by atoms with Gasteiger partial charge in [-0.25, -0.2) is 9.78 Å². The number of hydrogen-bond donors (Lipinski definition) is 5. The van der Waals surface area contributed by atoms with Crippen molar-refractivity contribution < 1.29 is 44.7 Å². The topological polar surface area (TPSA) is 203 Å². The molecule has 2 fully saturated rings. The second-order valence-electron chi connectivity index (χ2n) is 10.5. The van der Waals surface area contributed by atoms with Gasteiger partial charge in [-0.3, -0.25) is 4.79 Å². The second-order valence-corrected chi connectivity index (χ2v) is 10.5. The van der Waals surface area contributed by atoms with Gasteiger partial charge in [0.25, 0.3) is 5.91 Å². The van der Waals surface area contributed by atoms with Crippen LogP contribution in [-0.4, -0.2) is 106 Å². The highest BCUT2D eigenvalue weighted by atomic mass is 16.6. The zero-order valence-corrected chi connectivity index (χ0v) is 23.3. The van der Waals surface area contributed by atoms with Crippen molar-refractivity contribution in [3.8, 4) is 11.5 Å². The van der Waals surface area contributed by atoms with E-state index < -0.39 is 36.1 Å².